The van der Waals surface area contributed by atoms with Gasteiger partial charge in [0.05, 0.1) is 12.6 Å². The van der Waals surface area contributed by atoms with Crippen LogP contribution >= 0.6 is 0 Å². The first-order chi connectivity index (χ1) is 11.2. The molecule has 6 heteroatoms. The largest absolute Gasteiger partial charge is 0.336 e. The van der Waals surface area contributed by atoms with E-state index in [0.29, 0.717) is 13.1 Å². The molecule has 1 N–H and O–H groups in total. The number of hydrogen-bond donors (Lipinski definition) is 1. The zero-order valence-corrected chi connectivity index (χ0v) is 13.4. The minimum Gasteiger partial charge on any atom is -0.336 e. The monoisotopic (exact) mass is 313 g/mol. The van der Waals surface area contributed by atoms with Gasteiger partial charge in [0.25, 0.3) is 0 Å². The van der Waals surface area contributed by atoms with Crippen LogP contribution in [0.15, 0.2) is 48.8 Å². The predicted octanol–water partition coefficient (Wildman–Crippen LogP) is 1.58. The predicted molar refractivity (Wildman–Crippen MR) is 89.0 cm³/mol. The highest BCUT2D eigenvalue weighted by Gasteiger charge is 2.29. The van der Waals surface area contributed by atoms with Crippen LogP contribution in [-0.4, -0.2) is 58.8 Å². The van der Waals surface area contributed by atoms with E-state index >= 15 is 0 Å². The van der Waals surface area contributed by atoms with E-state index in [2.05, 4.69) is 34.5 Å². The lowest BCUT2D eigenvalue weighted by Gasteiger charge is -2.40. The molecule has 23 heavy (non-hydrogen) atoms. The van der Waals surface area contributed by atoms with Gasteiger partial charge in [-0.05, 0) is 18.7 Å². The van der Waals surface area contributed by atoms with Gasteiger partial charge in [-0.25, -0.2) is 4.79 Å². The zero-order chi connectivity index (χ0) is 16.1. The van der Waals surface area contributed by atoms with Crippen LogP contribution in [0.2, 0.25) is 0 Å². The maximum atomic E-state index is 12.6. The molecule has 6 nitrogen and oxygen atoms in total. The second kappa shape index (κ2) is 7.28. The lowest BCUT2D eigenvalue weighted by atomic mass is 10.0. The van der Waals surface area contributed by atoms with Crippen molar-refractivity contribution in [2.75, 3.05) is 33.2 Å². The Kier molecular flexibility index (Phi) is 4.92. The van der Waals surface area contributed by atoms with E-state index in [1.807, 2.05) is 40.0 Å². The summed E-state index contributed by atoms with van der Waals surface area (Å²) in [5.74, 6) is 0. The Morgan fingerprint density at radius 3 is 2.83 bits per heavy atom. The highest BCUT2D eigenvalue weighted by Crippen LogP contribution is 2.24. The van der Waals surface area contributed by atoms with Crippen molar-refractivity contribution >= 4 is 6.03 Å². The number of hydrogen-bond acceptors (Lipinski definition) is 3. The van der Waals surface area contributed by atoms with Gasteiger partial charge in [0.2, 0.25) is 0 Å². The van der Waals surface area contributed by atoms with Gasteiger partial charge < -0.3 is 15.1 Å². The van der Waals surface area contributed by atoms with Gasteiger partial charge in [0.1, 0.15) is 0 Å². The lowest BCUT2D eigenvalue weighted by Crippen LogP contribution is -2.52. The number of urea groups is 1. The van der Waals surface area contributed by atoms with E-state index in [1.165, 1.54) is 5.56 Å². The first kappa shape index (κ1) is 15.6. The standard InChI is InChI=1S/C17H23N5O/c1-20-12-13-22(16(14-20)15-6-3-2-4-7-15)17(23)18-9-11-21-10-5-8-19-21/h2-8,10,16H,9,11-14H2,1H3,(H,18,23). The molecule has 3 rings (SSSR count). The van der Waals surface area contributed by atoms with Gasteiger partial charge in [-0.2, -0.15) is 5.10 Å². The summed E-state index contributed by atoms with van der Waals surface area (Å²) >= 11 is 0. The molecular formula is C17H23N5O. The fraction of sp³-hybridized carbons (Fsp3) is 0.412. The molecular weight excluding hydrogens is 290 g/mol. The molecule has 0 spiro atoms. The van der Waals surface area contributed by atoms with Crippen molar-refractivity contribution in [2.24, 2.45) is 0 Å². The van der Waals surface area contributed by atoms with Gasteiger partial charge in [0.15, 0.2) is 0 Å². The molecule has 0 bridgehead atoms. The van der Waals surface area contributed by atoms with Crippen LogP contribution in [0.3, 0.4) is 0 Å². The lowest BCUT2D eigenvalue weighted by molar-refractivity contribution is 0.109. The summed E-state index contributed by atoms with van der Waals surface area (Å²) in [6, 6.07) is 12.2. The molecule has 122 valence electrons. The van der Waals surface area contributed by atoms with Crippen LogP contribution in [0, 0.1) is 0 Å². The van der Waals surface area contributed by atoms with Gasteiger partial charge >= 0.3 is 6.03 Å². The third-order valence-corrected chi connectivity index (χ3v) is 4.20. The number of carbonyl (C=O) groups is 1. The molecule has 2 aromatic rings. The number of amides is 2. The molecule has 1 saturated heterocycles. The fourth-order valence-corrected chi connectivity index (χ4v) is 2.93. The Balaban J connectivity index is 1.62. The van der Waals surface area contributed by atoms with E-state index in [4.69, 9.17) is 0 Å². The van der Waals surface area contributed by atoms with Crippen LogP contribution in [0.4, 0.5) is 4.79 Å². The minimum atomic E-state index is -0.000825. The molecule has 1 atom stereocenters. The average Bonchev–Trinajstić information content (AvgIpc) is 3.09. The fourth-order valence-electron chi connectivity index (χ4n) is 2.93. The molecule has 1 aliphatic heterocycles. The zero-order valence-electron chi connectivity index (χ0n) is 13.4. The van der Waals surface area contributed by atoms with Crippen molar-refractivity contribution < 1.29 is 4.79 Å². The van der Waals surface area contributed by atoms with Crippen molar-refractivity contribution in [3.8, 4) is 0 Å². The third kappa shape index (κ3) is 3.90. The van der Waals surface area contributed by atoms with Crippen molar-refractivity contribution in [1.29, 1.82) is 0 Å². The van der Waals surface area contributed by atoms with Crippen LogP contribution in [-0.2, 0) is 6.54 Å². The quantitative estimate of drug-likeness (QED) is 0.932. The van der Waals surface area contributed by atoms with Crippen molar-refractivity contribution in [2.45, 2.75) is 12.6 Å². The Morgan fingerprint density at radius 1 is 1.26 bits per heavy atom. The third-order valence-electron chi connectivity index (χ3n) is 4.20. The summed E-state index contributed by atoms with van der Waals surface area (Å²) in [4.78, 5) is 16.8. The SMILES string of the molecule is CN1CCN(C(=O)NCCn2cccn2)C(c2ccccc2)C1. The molecule has 1 fully saturated rings. The average molecular weight is 313 g/mol. The first-order valence-corrected chi connectivity index (χ1v) is 7.99. The number of rotatable bonds is 4. The molecule has 1 unspecified atom stereocenters. The highest BCUT2D eigenvalue weighted by atomic mass is 16.2. The Labute approximate surface area is 136 Å². The molecule has 1 aliphatic rings. The van der Waals surface area contributed by atoms with Gasteiger partial charge in [-0.15, -0.1) is 0 Å². The molecule has 0 aliphatic carbocycles. The van der Waals surface area contributed by atoms with Gasteiger partial charge in [-0.1, -0.05) is 30.3 Å². The number of benzene rings is 1. The van der Waals surface area contributed by atoms with E-state index in [-0.39, 0.29) is 12.1 Å². The maximum Gasteiger partial charge on any atom is 0.318 e. The van der Waals surface area contributed by atoms with E-state index in [9.17, 15) is 4.79 Å². The summed E-state index contributed by atoms with van der Waals surface area (Å²) in [5.41, 5.74) is 1.18. The van der Waals surface area contributed by atoms with Crippen molar-refractivity contribution in [1.82, 2.24) is 24.9 Å². The summed E-state index contributed by atoms with van der Waals surface area (Å²) in [6.07, 6.45) is 3.64. The Bertz CT molecular complexity index is 613. The maximum absolute atomic E-state index is 12.6. The Hall–Kier alpha value is -2.34. The molecule has 1 aromatic carbocycles. The first-order valence-electron chi connectivity index (χ1n) is 7.99. The van der Waals surface area contributed by atoms with Crippen molar-refractivity contribution in [3.05, 3.63) is 54.4 Å². The smallest absolute Gasteiger partial charge is 0.318 e. The van der Waals surface area contributed by atoms with Gasteiger partial charge in [0, 0.05) is 38.6 Å². The number of nitrogens with zero attached hydrogens (tertiary/aromatic N) is 4. The summed E-state index contributed by atoms with van der Waals surface area (Å²) in [5, 5.41) is 7.16. The van der Waals surface area contributed by atoms with E-state index in [0.717, 1.165) is 19.6 Å². The molecule has 2 amide bonds. The summed E-state index contributed by atoms with van der Waals surface area (Å²) < 4.78 is 1.82. The molecule has 1 aromatic heterocycles. The molecule has 0 saturated carbocycles. The summed E-state index contributed by atoms with van der Waals surface area (Å²) in [6.45, 7) is 3.76. The normalized spacial score (nSPS) is 18.8. The second-order valence-corrected chi connectivity index (χ2v) is 5.88. The number of likely N-dealkylation sites (N-methyl/N-ethyl adjacent to an activating group) is 1. The van der Waals surface area contributed by atoms with Crippen LogP contribution in [0.5, 0.6) is 0 Å². The highest BCUT2D eigenvalue weighted by molar-refractivity contribution is 5.75. The number of nitrogens with one attached hydrogen (secondary N) is 1. The number of piperazine rings is 1. The number of aromatic nitrogens is 2. The van der Waals surface area contributed by atoms with Crippen LogP contribution in [0.1, 0.15) is 11.6 Å². The minimum absolute atomic E-state index is 0.000825. The number of carbonyl (C=O) groups excluding carboxylic acids is 1. The van der Waals surface area contributed by atoms with Crippen LogP contribution in [0.25, 0.3) is 0 Å². The van der Waals surface area contributed by atoms with E-state index < -0.39 is 0 Å². The van der Waals surface area contributed by atoms with E-state index in [1.54, 1.807) is 6.20 Å². The topological polar surface area (TPSA) is 53.4 Å². The molecule has 2 heterocycles. The Morgan fingerprint density at radius 2 is 2.09 bits per heavy atom. The second-order valence-electron chi connectivity index (χ2n) is 5.88. The van der Waals surface area contributed by atoms with Crippen LogP contribution < -0.4 is 5.32 Å². The summed E-state index contributed by atoms with van der Waals surface area (Å²) in [7, 11) is 2.10. The van der Waals surface area contributed by atoms with Gasteiger partial charge in [-0.3, -0.25) is 4.68 Å². The van der Waals surface area contributed by atoms with Crippen molar-refractivity contribution in [3.63, 3.8) is 0 Å². The molecule has 0 radical (unpaired) electrons.